The predicted molar refractivity (Wildman–Crippen MR) is 91.6 cm³/mol. The van der Waals surface area contributed by atoms with Gasteiger partial charge in [-0.25, -0.2) is 8.78 Å². The zero-order chi connectivity index (χ0) is 16.7. The molecular formula is C18H13F2NOS2. The lowest BCUT2D eigenvalue weighted by atomic mass is 9.97. The van der Waals surface area contributed by atoms with Crippen LogP contribution in [0.15, 0.2) is 47.2 Å². The van der Waals surface area contributed by atoms with Gasteiger partial charge in [0.15, 0.2) is 11.6 Å². The molecule has 0 spiro atoms. The molecule has 24 heavy (non-hydrogen) atoms. The van der Waals surface area contributed by atoms with Gasteiger partial charge in [-0.3, -0.25) is 4.79 Å². The fourth-order valence-electron chi connectivity index (χ4n) is 3.08. The van der Waals surface area contributed by atoms with Crippen LogP contribution < -0.4 is 0 Å². The van der Waals surface area contributed by atoms with Crippen molar-refractivity contribution in [3.63, 3.8) is 0 Å². The summed E-state index contributed by atoms with van der Waals surface area (Å²) in [6.45, 7) is 0.563. The van der Waals surface area contributed by atoms with Crippen LogP contribution in [0, 0.1) is 11.6 Å². The highest BCUT2D eigenvalue weighted by atomic mass is 32.1. The molecule has 6 heteroatoms. The molecule has 1 aromatic carbocycles. The maximum Gasteiger partial charge on any atom is 0.254 e. The van der Waals surface area contributed by atoms with Crippen LogP contribution in [0.5, 0.6) is 0 Å². The Morgan fingerprint density at radius 2 is 1.96 bits per heavy atom. The predicted octanol–water partition coefficient (Wildman–Crippen LogP) is 4.88. The molecule has 122 valence electrons. The lowest BCUT2D eigenvalue weighted by molar-refractivity contribution is 0.0698. The first-order valence-electron chi connectivity index (χ1n) is 7.51. The van der Waals surface area contributed by atoms with E-state index in [-0.39, 0.29) is 17.5 Å². The Balaban J connectivity index is 1.76. The van der Waals surface area contributed by atoms with E-state index in [4.69, 9.17) is 0 Å². The second-order valence-corrected chi connectivity index (χ2v) is 7.57. The largest absolute Gasteiger partial charge is 0.326 e. The summed E-state index contributed by atoms with van der Waals surface area (Å²) in [6, 6.07) is 9.18. The van der Waals surface area contributed by atoms with Gasteiger partial charge in [0, 0.05) is 21.9 Å². The molecule has 1 atom stereocenters. The number of benzene rings is 1. The van der Waals surface area contributed by atoms with Crippen molar-refractivity contribution in [1.29, 1.82) is 0 Å². The summed E-state index contributed by atoms with van der Waals surface area (Å²) in [5.74, 6) is -2.22. The summed E-state index contributed by atoms with van der Waals surface area (Å²) in [5, 5.41) is 4.02. The number of thiophene rings is 2. The van der Waals surface area contributed by atoms with Crippen molar-refractivity contribution in [2.45, 2.75) is 12.5 Å². The van der Waals surface area contributed by atoms with Gasteiger partial charge in [0.1, 0.15) is 0 Å². The second-order valence-electron chi connectivity index (χ2n) is 5.59. The summed E-state index contributed by atoms with van der Waals surface area (Å²) in [7, 11) is 0. The average Bonchev–Trinajstić information content (AvgIpc) is 3.26. The first-order chi connectivity index (χ1) is 11.6. The Morgan fingerprint density at radius 1 is 1.08 bits per heavy atom. The van der Waals surface area contributed by atoms with E-state index in [9.17, 15) is 13.6 Å². The second kappa shape index (κ2) is 6.11. The smallest absolute Gasteiger partial charge is 0.254 e. The van der Waals surface area contributed by atoms with Crippen LogP contribution in [-0.4, -0.2) is 17.4 Å². The van der Waals surface area contributed by atoms with Crippen LogP contribution in [0.25, 0.3) is 0 Å². The lowest BCUT2D eigenvalue weighted by Gasteiger charge is -2.35. The van der Waals surface area contributed by atoms with Crippen molar-refractivity contribution in [1.82, 2.24) is 4.90 Å². The fraction of sp³-hybridized carbons (Fsp3) is 0.167. The highest BCUT2D eigenvalue weighted by molar-refractivity contribution is 7.10. The number of hydrogen-bond donors (Lipinski definition) is 0. The molecule has 1 amide bonds. The summed E-state index contributed by atoms with van der Waals surface area (Å²) in [4.78, 5) is 17.1. The quantitative estimate of drug-likeness (QED) is 0.637. The number of rotatable bonds is 2. The molecule has 3 heterocycles. The monoisotopic (exact) mass is 361 g/mol. The first-order valence-corrected chi connectivity index (χ1v) is 9.27. The van der Waals surface area contributed by atoms with Gasteiger partial charge in [-0.1, -0.05) is 6.07 Å². The molecule has 0 unspecified atom stereocenters. The maximum atomic E-state index is 13.5. The Morgan fingerprint density at radius 3 is 2.71 bits per heavy atom. The Kier molecular flexibility index (Phi) is 3.94. The third-order valence-corrected chi connectivity index (χ3v) is 6.13. The van der Waals surface area contributed by atoms with Gasteiger partial charge in [-0.2, -0.15) is 0 Å². The number of hydrogen-bond acceptors (Lipinski definition) is 3. The molecule has 0 saturated carbocycles. The minimum Gasteiger partial charge on any atom is -0.326 e. The van der Waals surface area contributed by atoms with E-state index < -0.39 is 11.6 Å². The van der Waals surface area contributed by atoms with Gasteiger partial charge in [-0.15, -0.1) is 22.7 Å². The number of carbonyl (C=O) groups excluding carboxylic acids is 1. The number of fused-ring (bicyclic) bond motifs is 1. The maximum absolute atomic E-state index is 13.5. The summed E-state index contributed by atoms with van der Waals surface area (Å²) in [6.07, 6.45) is 0.782. The number of carbonyl (C=O) groups is 1. The van der Waals surface area contributed by atoms with E-state index in [0.29, 0.717) is 6.54 Å². The van der Waals surface area contributed by atoms with Crippen molar-refractivity contribution in [2.75, 3.05) is 6.54 Å². The Bertz CT molecular complexity index is 888. The summed E-state index contributed by atoms with van der Waals surface area (Å²) < 4.78 is 26.7. The van der Waals surface area contributed by atoms with Crippen LogP contribution >= 0.6 is 22.7 Å². The standard InChI is InChI=1S/C18H13F2NOS2/c19-13-4-3-11(10-14(13)20)18(22)21-7-5-15-12(6-9-24-15)17(21)16-2-1-8-23-16/h1-4,6,8-10,17H,5,7H2/t17-/m0/s1. The topological polar surface area (TPSA) is 20.3 Å². The van der Waals surface area contributed by atoms with Crippen LogP contribution in [0.1, 0.15) is 31.7 Å². The zero-order valence-electron chi connectivity index (χ0n) is 12.5. The van der Waals surface area contributed by atoms with E-state index in [0.717, 1.165) is 29.0 Å². The minimum atomic E-state index is -0.998. The molecule has 0 fully saturated rings. The van der Waals surface area contributed by atoms with Gasteiger partial charge in [0.05, 0.1) is 6.04 Å². The van der Waals surface area contributed by atoms with Crippen LogP contribution in [-0.2, 0) is 6.42 Å². The third kappa shape index (κ3) is 2.56. The highest BCUT2D eigenvalue weighted by Gasteiger charge is 2.34. The molecule has 0 N–H and O–H groups in total. The molecule has 0 bridgehead atoms. The van der Waals surface area contributed by atoms with E-state index >= 15 is 0 Å². The zero-order valence-corrected chi connectivity index (χ0v) is 14.2. The van der Waals surface area contributed by atoms with Crippen molar-refractivity contribution >= 4 is 28.6 Å². The van der Waals surface area contributed by atoms with Crippen LogP contribution in [0.2, 0.25) is 0 Å². The van der Waals surface area contributed by atoms with Gasteiger partial charge >= 0.3 is 0 Å². The molecule has 1 aliphatic heterocycles. The molecule has 1 aliphatic rings. The molecule has 0 aliphatic carbocycles. The molecule has 0 saturated heterocycles. The van der Waals surface area contributed by atoms with E-state index in [1.807, 2.05) is 22.9 Å². The van der Waals surface area contributed by atoms with Crippen molar-refractivity contribution in [3.8, 4) is 0 Å². The van der Waals surface area contributed by atoms with Crippen LogP contribution in [0.3, 0.4) is 0 Å². The lowest BCUT2D eigenvalue weighted by Crippen LogP contribution is -2.39. The Labute approximate surface area is 146 Å². The molecule has 4 rings (SSSR count). The normalized spacial score (nSPS) is 16.9. The average molecular weight is 361 g/mol. The van der Waals surface area contributed by atoms with Crippen molar-refractivity contribution in [3.05, 3.63) is 79.7 Å². The molecule has 3 aromatic rings. The minimum absolute atomic E-state index is 0.166. The van der Waals surface area contributed by atoms with E-state index in [1.54, 1.807) is 27.6 Å². The van der Waals surface area contributed by atoms with Crippen molar-refractivity contribution in [2.24, 2.45) is 0 Å². The number of amides is 1. The fourth-order valence-corrected chi connectivity index (χ4v) is 4.84. The number of nitrogens with zero attached hydrogens (tertiary/aromatic N) is 1. The van der Waals surface area contributed by atoms with Gasteiger partial charge in [0.25, 0.3) is 5.91 Å². The van der Waals surface area contributed by atoms with Crippen molar-refractivity contribution < 1.29 is 13.6 Å². The third-order valence-electron chi connectivity index (χ3n) is 4.21. The SMILES string of the molecule is O=C(c1ccc(F)c(F)c1)N1CCc2sccc2[C@H]1c1cccs1. The highest BCUT2D eigenvalue weighted by Crippen LogP contribution is 2.40. The molecule has 2 nitrogen and oxygen atoms in total. The molecule has 2 aromatic heterocycles. The van der Waals surface area contributed by atoms with E-state index in [1.165, 1.54) is 10.9 Å². The summed E-state index contributed by atoms with van der Waals surface area (Å²) >= 11 is 3.29. The first kappa shape index (κ1) is 15.5. The molecule has 0 radical (unpaired) electrons. The Hall–Kier alpha value is -2.05. The summed E-state index contributed by atoms with van der Waals surface area (Å²) in [5.41, 5.74) is 1.30. The number of halogens is 2. The van der Waals surface area contributed by atoms with Crippen LogP contribution in [0.4, 0.5) is 8.78 Å². The van der Waals surface area contributed by atoms with Gasteiger partial charge in [-0.05, 0) is 53.1 Å². The van der Waals surface area contributed by atoms with E-state index in [2.05, 4.69) is 6.07 Å². The van der Waals surface area contributed by atoms with Gasteiger partial charge in [0.2, 0.25) is 0 Å². The van der Waals surface area contributed by atoms with Gasteiger partial charge < -0.3 is 4.90 Å². The molecular weight excluding hydrogens is 348 g/mol.